The average Bonchev–Trinajstić information content (AvgIpc) is 2.62. The van der Waals surface area contributed by atoms with Gasteiger partial charge >= 0.3 is 11.9 Å². The molecule has 164 valence electrons. The van der Waals surface area contributed by atoms with Crippen LogP contribution in [-0.2, 0) is 23.9 Å². The van der Waals surface area contributed by atoms with Crippen LogP contribution in [0.2, 0.25) is 0 Å². The summed E-state index contributed by atoms with van der Waals surface area (Å²) < 4.78 is 10.6. The molecule has 9 heteroatoms. The monoisotopic (exact) mass is 421 g/mol. The number of nitro benzene ring substituents is 1. The van der Waals surface area contributed by atoms with Crippen LogP contribution in [0.1, 0.15) is 52.5 Å². The minimum absolute atomic E-state index is 0.171. The summed E-state index contributed by atoms with van der Waals surface area (Å²) >= 11 is 0. The molecule has 0 spiro atoms. The van der Waals surface area contributed by atoms with Crippen molar-refractivity contribution in [1.29, 1.82) is 0 Å². The lowest BCUT2D eigenvalue weighted by atomic mass is 9.63. The van der Waals surface area contributed by atoms with E-state index in [9.17, 15) is 29.6 Å². The van der Waals surface area contributed by atoms with Gasteiger partial charge in [-0.05, 0) is 46.6 Å². The summed E-state index contributed by atoms with van der Waals surface area (Å²) in [5, 5.41) is 21.7. The highest BCUT2D eigenvalue weighted by molar-refractivity contribution is 6.06. The van der Waals surface area contributed by atoms with Gasteiger partial charge < -0.3 is 14.6 Å². The summed E-state index contributed by atoms with van der Waals surface area (Å²) in [6.07, 6.45) is -1.21. The Balaban J connectivity index is 2.60. The standard InChI is InChI=1S/C21H27NO8/c1-11(2)29-19(24)15-10-21(5,26)18(23)17(20(25)30-12(3)4)16(15)13-6-8-14(9-7-13)22(27)28/h6-9,11-12,15-17,26H,10H2,1-5H3/t15-,16-,17-,21+/m1/s1. The van der Waals surface area contributed by atoms with Crippen LogP contribution in [0.4, 0.5) is 5.69 Å². The van der Waals surface area contributed by atoms with Gasteiger partial charge in [0.05, 0.1) is 23.0 Å². The van der Waals surface area contributed by atoms with E-state index in [1.165, 1.54) is 31.2 Å². The highest BCUT2D eigenvalue weighted by Crippen LogP contribution is 2.45. The number of Topliss-reactive ketones (excluding diaryl/α,β-unsaturated/α-hetero) is 1. The van der Waals surface area contributed by atoms with E-state index in [0.29, 0.717) is 5.56 Å². The van der Waals surface area contributed by atoms with E-state index in [2.05, 4.69) is 0 Å². The first-order valence-corrected chi connectivity index (χ1v) is 9.77. The Labute approximate surface area is 174 Å². The fourth-order valence-electron chi connectivity index (χ4n) is 3.74. The first-order chi connectivity index (χ1) is 13.8. The predicted octanol–water partition coefficient (Wildman–Crippen LogP) is 2.54. The minimum atomic E-state index is -1.93. The summed E-state index contributed by atoms with van der Waals surface area (Å²) in [5.41, 5.74) is -1.73. The molecule has 0 radical (unpaired) electrons. The molecule has 0 bridgehead atoms. The Morgan fingerprint density at radius 1 is 1.10 bits per heavy atom. The van der Waals surface area contributed by atoms with Gasteiger partial charge in [-0.3, -0.25) is 24.5 Å². The number of carbonyl (C=O) groups excluding carboxylic acids is 3. The normalized spacial score (nSPS) is 26.5. The quantitative estimate of drug-likeness (QED) is 0.321. The van der Waals surface area contributed by atoms with Crippen LogP contribution in [0.15, 0.2) is 24.3 Å². The molecule has 2 rings (SSSR count). The van der Waals surface area contributed by atoms with E-state index in [4.69, 9.17) is 9.47 Å². The minimum Gasteiger partial charge on any atom is -0.463 e. The number of ketones is 1. The molecule has 0 aliphatic heterocycles. The number of esters is 2. The first kappa shape index (κ1) is 23.5. The third-order valence-electron chi connectivity index (χ3n) is 4.97. The number of aliphatic hydroxyl groups is 1. The van der Waals surface area contributed by atoms with Crippen molar-refractivity contribution >= 4 is 23.4 Å². The summed E-state index contributed by atoms with van der Waals surface area (Å²) in [7, 11) is 0. The number of nitro groups is 1. The fourth-order valence-corrected chi connectivity index (χ4v) is 3.74. The molecule has 1 N–H and O–H groups in total. The Morgan fingerprint density at radius 3 is 2.07 bits per heavy atom. The maximum Gasteiger partial charge on any atom is 0.317 e. The van der Waals surface area contributed by atoms with Crippen LogP contribution in [-0.4, -0.2) is 45.6 Å². The molecule has 0 unspecified atom stereocenters. The Kier molecular flexibility index (Phi) is 6.97. The van der Waals surface area contributed by atoms with Gasteiger partial charge in [0.2, 0.25) is 0 Å². The smallest absolute Gasteiger partial charge is 0.317 e. The Hall–Kier alpha value is -2.81. The molecule has 1 saturated carbocycles. The zero-order valence-corrected chi connectivity index (χ0v) is 17.7. The second-order valence-electron chi connectivity index (χ2n) is 8.27. The van der Waals surface area contributed by atoms with Gasteiger partial charge in [0.25, 0.3) is 5.69 Å². The summed E-state index contributed by atoms with van der Waals surface area (Å²) in [4.78, 5) is 49.1. The van der Waals surface area contributed by atoms with Crippen LogP contribution in [0.3, 0.4) is 0 Å². The van der Waals surface area contributed by atoms with Gasteiger partial charge in [0, 0.05) is 18.1 Å². The number of rotatable bonds is 6. The summed E-state index contributed by atoms with van der Waals surface area (Å²) in [5.74, 6) is -5.75. The molecule has 9 nitrogen and oxygen atoms in total. The van der Waals surface area contributed by atoms with Gasteiger partial charge in [-0.25, -0.2) is 0 Å². The average molecular weight is 421 g/mol. The van der Waals surface area contributed by atoms with Crippen molar-refractivity contribution in [3.8, 4) is 0 Å². The second kappa shape index (κ2) is 8.91. The SMILES string of the molecule is CC(C)OC(=O)[C@H]1C(=O)[C@@](C)(O)C[C@@H](C(=O)OC(C)C)[C@H]1c1ccc([N+](=O)[O-])cc1. The van der Waals surface area contributed by atoms with Crippen LogP contribution < -0.4 is 0 Å². The summed E-state index contributed by atoms with van der Waals surface area (Å²) in [6, 6.07) is 5.29. The molecular formula is C21H27NO8. The number of carbonyl (C=O) groups is 3. The third kappa shape index (κ3) is 5.02. The lowest BCUT2D eigenvalue weighted by Crippen LogP contribution is -2.55. The van der Waals surface area contributed by atoms with E-state index >= 15 is 0 Å². The van der Waals surface area contributed by atoms with Crippen molar-refractivity contribution in [3.63, 3.8) is 0 Å². The van der Waals surface area contributed by atoms with Crippen LogP contribution in [0, 0.1) is 22.0 Å². The third-order valence-corrected chi connectivity index (χ3v) is 4.97. The first-order valence-electron chi connectivity index (χ1n) is 9.77. The Bertz CT molecular complexity index is 828. The molecule has 0 aromatic heterocycles. The molecule has 1 fully saturated rings. The number of ether oxygens (including phenoxy) is 2. The molecule has 30 heavy (non-hydrogen) atoms. The van der Waals surface area contributed by atoms with Crippen LogP contribution in [0.5, 0.6) is 0 Å². The van der Waals surface area contributed by atoms with Crippen molar-refractivity contribution in [3.05, 3.63) is 39.9 Å². The molecule has 0 amide bonds. The van der Waals surface area contributed by atoms with E-state index in [0.717, 1.165) is 0 Å². The number of hydrogen-bond acceptors (Lipinski definition) is 8. The van der Waals surface area contributed by atoms with Crippen molar-refractivity contribution in [2.45, 2.75) is 64.8 Å². The highest BCUT2D eigenvalue weighted by atomic mass is 16.6. The van der Waals surface area contributed by atoms with Crippen molar-refractivity contribution in [1.82, 2.24) is 0 Å². The highest BCUT2D eigenvalue weighted by Gasteiger charge is 2.56. The van der Waals surface area contributed by atoms with Crippen molar-refractivity contribution < 1.29 is 33.9 Å². The number of non-ortho nitro benzene ring substituents is 1. The van der Waals surface area contributed by atoms with Crippen LogP contribution in [0.25, 0.3) is 0 Å². The molecule has 1 aromatic carbocycles. The summed E-state index contributed by atoms with van der Waals surface area (Å²) in [6.45, 7) is 7.82. The van der Waals surface area contributed by atoms with Gasteiger partial charge in [-0.1, -0.05) is 12.1 Å². The van der Waals surface area contributed by atoms with Crippen LogP contribution >= 0.6 is 0 Å². The number of nitrogens with zero attached hydrogens (tertiary/aromatic N) is 1. The molecule has 4 atom stereocenters. The zero-order valence-electron chi connectivity index (χ0n) is 17.7. The second-order valence-corrected chi connectivity index (χ2v) is 8.27. The van der Waals surface area contributed by atoms with Gasteiger partial charge in [-0.15, -0.1) is 0 Å². The lowest BCUT2D eigenvalue weighted by Gasteiger charge is -2.42. The van der Waals surface area contributed by atoms with E-state index in [1.807, 2.05) is 0 Å². The molecule has 1 aliphatic rings. The lowest BCUT2D eigenvalue weighted by molar-refractivity contribution is -0.384. The van der Waals surface area contributed by atoms with Gasteiger partial charge in [0.1, 0.15) is 11.5 Å². The van der Waals surface area contributed by atoms with Gasteiger partial charge in [-0.2, -0.15) is 0 Å². The number of hydrogen-bond donors (Lipinski definition) is 1. The van der Waals surface area contributed by atoms with E-state index < -0.39 is 58.2 Å². The topological polar surface area (TPSA) is 133 Å². The largest absolute Gasteiger partial charge is 0.463 e. The van der Waals surface area contributed by atoms with Crippen molar-refractivity contribution in [2.24, 2.45) is 11.8 Å². The number of benzene rings is 1. The van der Waals surface area contributed by atoms with Gasteiger partial charge in [0.15, 0.2) is 5.78 Å². The molecule has 0 heterocycles. The zero-order chi connectivity index (χ0) is 22.8. The molecular weight excluding hydrogens is 394 g/mol. The maximum absolute atomic E-state index is 13.0. The van der Waals surface area contributed by atoms with E-state index in [-0.39, 0.29) is 12.1 Å². The predicted molar refractivity (Wildman–Crippen MR) is 106 cm³/mol. The molecule has 0 saturated heterocycles. The maximum atomic E-state index is 13.0. The fraction of sp³-hybridized carbons (Fsp3) is 0.571. The Morgan fingerprint density at radius 2 is 1.60 bits per heavy atom. The van der Waals surface area contributed by atoms with Crippen molar-refractivity contribution in [2.75, 3.05) is 0 Å². The van der Waals surface area contributed by atoms with E-state index in [1.54, 1.807) is 27.7 Å². The molecule has 1 aliphatic carbocycles. The molecule has 1 aromatic rings.